The molecule has 0 saturated heterocycles. The first-order chi connectivity index (χ1) is 9.57. The van der Waals surface area contributed by atoms with E-state index in [-0.39, 0.29) is 5.41 Å². The fourth-order valence-electron chi connectivity index (χ4n) is 3.01. The van der Waals surface area contributed by atoms with E-state index in [1.165, 1.54) is 21.6 Å². The Morgan fingerprint density at radius 3 is 2.25 bits per heavy atom. The van der Waals surface area contributed by atoms with E-state index >= 15 is 0 Å². The Kier molecular flexibility index (Phi) is 4.54. The van der Waals surface area contributed by atoms with E-state index in [2.05, 4.69) is 57.3 Å². The normalized spacial score (nSPS) is 11.7. The summed E-state index contributed by atoms with van der Waals surface area (Å²) in [5.74, 6) is 0.970. The van der Waals surface area contributed by atoms with Gasteiger partial charge in [-0.15, -0.1) is 11.3 Å². The van der Waals surface area contributed by atoms with Crippen molar-refractivity contribution in [1.82, 2.24) is 0 Å². The van der Waals surface area contributed by atoms with Gasteiger partial charge in [-0.25, -0.2) is 0 Å². The van der Waals surface area contributed by atoms with E-state index in [1.807, 2.05) is 11.3 Å². The lowest BCUT2D eigenvalue weighted by atomic mass is 9.74. The van der Waals surface area contributed by atoms with Crippen LogP contribution in [0.3, 0.4) is 0 Å². The second-order valence-corrected chi connectivity index (χ2v) is 6.37. The Morgan fingerprint density at radius 1 is 1.10 bits per heavy atom. The summed E-state index contributed by atoms with van der Waals surface area (Å²) in [4.78, 5) is 1.48. The fourth-order valence-corrected chi connectivity index (χ4v) is 4.27. The van der Waals surface area contributed by atoms with Crippen molar-refractivity contribution in [3.05, 3.63) is 51.2 Å². The molecule has 0 aliphatic carbocycles. The summed E-state index contributed by atoms with van der Waals surface area (Å²) in [6.07, 6.45) is 2.24. The summed E-state index contributed by atoms with van der Waals surface area (Å²) in [5.41, 5.74) is 4.12. The first-order valence-corrected chi connectivity index (χ1v) is 8.16. The maximum absolute atomic E-state index is 5.39. The molecule has 20 heavy (non-hydrogen) atoms. The number of ether oxygens (including phenoxy) is 1. The number of hydrogen-bond donors (Lipinski definition) is 0. The lowest BCUT2D eigenvalue weighted by Gasteiger charge is -2.32. The van der Waals surface area contributed by atoms with Crippen LogP contribution in [0.15, 0.2) is 29.6 Å². The second kappa shape index (κ2) is 6.01. The molecule has 0 amide bonds. The van der Waals surface area contributed by atoms with Gasteiger partial charge in [-0.05, 0) is 60.9 Å². The van der Waals surface area contributed by atoms with E-state index in [4.69, 9.17) is 4.74 Å². The average molecular weight is 288 g/mol. The van der Waals surface area contributed by atoms with Crippen molar-refractivity contribution in [3.8, 4) is 5.75 Å². The van der Waals surface area contributed by atoms with Crippen LogP contribution in [0.2, 0.25) is 0 Å². The summed E-state index contributed by atoms with van der Waals surface area (Å²) in [7, 11) is 1.73. The van der Waals surface area contributed by atoms with Crippen LogP contribution in [0, 0.1) is 13.8 Å². The molecular formula is C18H24OS. The molecule has 0 fully saturated rings. The van der Waals surface area contributed by atoms with Crippen LogP contribution in [-0.4, -0.2) is 7.11 Å². The summed E-state index contributed by atoms with van der Waals surface area (Å²) in [5, 5.41) is 2.26. The first-order valence-electron chi connectivity index (χ1n) is 7.28. The second-order valence-electron chi connectivity index (χ2n) is 5.46. The van der Waals surface area contributed by atoms with Crippen molar-refractivity contribution < 1.29 is 4.74 Å². The van der Waals surface area contributed by atoms with Crippen LogP contribution in [0.4, 0.5) is 0 Å². The van der Waals surface area contributed by atoms with Crippen LogP contribution >= 0.6 is 11.3 Å². The van der Waals surface area contributed by atoms with Gasteiger partial charge in [0.25, 0.3) is 0 Å². The highest BCUT2D eigenvalue weighted by atomic mass is 32.1. The molecule has 108 valence electrons. The Bertz CT molecular complexity index is 579. The van der Waals surface area contributed by atoms with Gasteiger partial charge in [0.05, 0.1) is 7.11 Å². The third kappa shape index (κ3) is 2.49. The number of benzene rings is 1. The smallest absolute Gasteiger partial charge is 0.121 e. The molecule has 0 atom stereocenters. The number of rotatable bonds is 5. The van der Waals surface area contributed by atoms with Crippen molar-refractivity contribution in [2.75, 3.05) is 7.11 Å². The summed E-state index contributed by atoms with van der Waals surface area (Å²) >= 11 is 1.89. The van der Waals surface area contributed by atoms with Gasteiger partial charge in [-0.2, -0.15) is 0 Å². The molecule has 1 aromatic carbocycles. The van der Waals surface area contributed by atoms with Gasteiger partial charge < -0.3 is 4.74 Å². The van der Waals surface area contributed by atoms with Crippen LogP contribution < -0.4 is 4.74 Å². The predicted octanol–water partition coefficient (Wildman–Crippen LogP) is 5.48. The molecule has 1 aromatic heterocycles. The zero-order chi connectivity index (χ0) is 14.8. The number of thiophene rings is 1. The van der Waals surface area contributed by atoms with Gasteiger partial charge in [0, 0.05) is 10.3 Å². The van der Waals surface area contributed by atoms with Crippen molar-refractivity contribution in [1.29, 1.82) is 0 Å². The van der Waals surface area contributed by atoms with Gasteiger partial charge in [0.2, 0.25) is 0 Å². The summed E-state index contributed by atoms with van der Waals surface area (Å²) < 4.78 is 5.39. The molecule has 0 saturated carbocycles. The molecule has 0 aliphatic rings. The zero-order valence-electron chi connectivity index (χ0n) is 13.1. The molecular weight excluding hydrogens is 264 g/mol. The zero-order valence-corrected chi connectivity index (χ0v) is 13.9. The maximum atomic E-state index is 5.39. The van der Waals surface area contributed by atoms with Crippen LogP contribution in [0.25, 0.3) is 0 Å². The Balaban J connectivity index is 2.55. The van der Waals surface area contributed by atoms with E-state index in [0.29, 0.717) is 0 Å². The van der Waals surface area contributed by atoms with Crippen LogP contribution in [0.1, 0.15) is 48.3 Å². The molecule has 0 unspecified atom stereocenters. The molecule has 1 nitrogen and oxygen atoms in total. The Morgan fingerprint density at radius 2 is 1.80 bits per heavy atom. The standard InChI is InChI=1S/C18H24OS/c1-6-18(7-2,17-10-13(3)12-20-17)15-8-9-16(19-5)14(4)11-15/h8-12H,6-7H2,1-5H3. The van der Waals surface area contributed by atoms with E-state index in [0.717, 1.165) is 18.6 Å². The molecule has 0 N–H and O–H groups in total. The fraction of sp³-hybridized carbons (Fsp3) is 0.444. The van der Waals surface area contributed by atoms with E-state index in [1.54, 1.807) is 7.11 Å². The number of methoxy groups -OCH3 is 1. The first kappa shape index (κ1) is 15.1. The minimum Gasteiger partial charge on any atom is -0.496 e. The van der Waals surface area contributed by atoms with Gasteiger partial charge in [-0.3, -0.25) is 0 Å². The Hall–Kier alpha value is -1.28. The van der Waals surface area contributed by atoms with E-state index < -0.39 is 0 Å². The molecule has 0 spiro atoms. The van der Waals surface area contributed by atoms with Crippen molar-refractivity contribution in [2.24, 2.45) is 0 Å². The largest absolute Gasteiger partial charge is 0.496 e. The van der Waals surface area contributed by atoms with Crippen LogP contribution in [0.5, 0.6) is 5.75 Å². The van der Waals surface area contributed by atoms with Gasteiger partial charge in [0.1, 0.15) is 5.75 Å². The van der Waals surface area contributed by atoms with Crippen molar-refractivity contribution >= 4 is 11.3 Å². The highest BCUT2D eigenvalue weighted by molar-refractivity contribution is 7.10. The lowest BCUT2D eigenvalue weighted by molar-refractivity contribution is 0.410. The monoisotopic (exact) mass is 288 g/mol. The maximum Gasteiger partial charge on any atom is 0.121 e. The summed E-state index contributed by atoms with van der Waals surface area (Å²) in [6, 6.07) is 8.97. The third-order valence-corrected chi connectivity index (χ3v) is 5.61. The van der Waals surface area contributed by atoms with Crippen molar-refractivity contribution in [3.63, 3.8) is 0 Å². The lowest BCUT2D eigenvalue weighted by Crippen LogP contribution is -2.25. The third-order valence-electron chi connectivity index (χ3n) is 4.36. The number of aryl methyl sites for hydroxylation is 2. The van der Waals surface area contributed by atoms with Gasteiger partial charge in [0.15, 0.2) is 0 Å². The van der Waals surface area contributed by atoms with E-state index in [9.17, 15) is 0 Å². The van der Waals surface area contributed by atoms with Gasteiger partial charge >= 0.3 is 0 Å². The Labute approximate surface area is 126 Å². The highest BCUT2D eigenvalue weighted by Crippen LogP contribution is 2.42. The molecule has 0 radical (unpaired) electrons. The molecule has 2 rings (SSSR count). The number of hydrogen-bond acceptors (Lipinski definition) is 2. The predicted molar refractivity (Wildman–Crippen MR) is 88.1 cm³/mol. The van der Waals surface area contributed by atoms with Crippen molar-refractivity contribution in [2.45, 2.75) is 46.0 Å². The molecule has 2 heteroatoms. The van der Waals surface area contributed by atoms with Gasteiger partial charge in [-0.1, -0.05) is 26.0 Å². The molecule has 0 aliphatic heterocycles. The molecule has 2 aromatic rings. The average Bonchev–Trinajstić information content (AvgIpc) is 2.88. The molecule has 0 bridgehead atoms. The topological polar surface area (TPSA) is 9.23 Å². The summed E-state index contributed by atoms with van der Waals surface area (Å²) in [6.45, 7) is 8.88. The minimum absolute atomic E-state index is 0.135. The minimum atomic E-state index is 0.135. The SMILES string of the molecule is CCC(CC)(c1ccc(OC)c(C)c1)c1cc(C)cs1. The van der Waals surface area contributed by atoms with Crippen LogP contribution in [-0.2, 0) is 5.41 Å². The molecule has 1 heterocycles. The quantitative estimate of drug-likeness (QED) is 0.708. The highest BCUT2D eigenvalue weighted by Gasteiger charge is 2.32.